The van der Waals surface area contributed by atoms with E-state index in [0.29, 0.717) is 32.4 Å². The summed E-state index contributed by atoms with van der Waals surface area (Å²) in [6.07, 6.45) is 3.53. The summed E-state index contributed by atoms with van der Waals surface area (Å²) in [5, 5.41) is 10.8. The standard InChI is InChI=1S/C20H29FN2O3/c1-22-9-5-18(6-10-22)26-15-19(24)23-11-7-20(25,8-12-23)14-16-3-2-4-17(21)13-16/h2-4,13,18,25H,5-12,14-15H2,1H3. The highest BCUT2D eigenvalue weighted by Crippen LogP contribution is 2.27. The second-order valence-corrected chi connectivity index (χ2v) is 7.73. The Morgan fingerprint density at radius 3 is 2.62 bits per heavy atom. The van der Waals surface area contributed by atoms with Crippen molar-refractivity contribution >= 4 is 5.91 Å². The van der Waals surface area contributed by atoms with Crippen molar-refractivity contribution in [2.75, 3.05) is 39.8 Å². The Morgan fingerprint density at radius 1 is 1.27 bits per heavy atom. The zero-order chi connectivity index (χ0) is 18.6. The molecule has 2 saturated heterocycles. The molecular weight excluding hydrogens is 335 g/mol. The van der Waals surface area contributed by atoms with Crippen LogP contribution >= 0.6 is 0 Å². The number of rotatable bonds is 5. The van der Waals surface area contributed by atoms with Gasteiger partial charge in [0.05, 0.1) is 11.7 Å². The quantitative estimate of drug-likeness (QED) is 0.866. The van der Waals surface area contributed by atoms with Crippen molar-refractivity contribution in [3.63, 3.8) is 0 Å². The van der Waals surface area contributed by atoms with E-state index >= 15 is 0 Å². The molecule has 0 aliphatic carbocycles. The van der Waals surface area contributed by atoms with Gasteiger partial charge in [0.1, 0.15) is 12.4 Å². The molecule has 1 amide bonds. The summed E-state index contributed by atoms with van der Waals surface area (Å²) in [6.45, 7) is 3.17. The van der Waals surface area contributed by atoms with E-state index in [-0.39, 0.29) is 24.4 Å². The summed E-state index contributed by atoms with van der Waals surface area (Å²) < 4.78 is 19.1. The molecule has 2 aliphatic rings. The van der Waals surface area contributed by atoms with E-state index in [1.54, 1.807) is 11.0 Å². The third kappa shape index (κ3) is 5.25. The molecule has 0 bridgehead atoms. The Balaban J connectivity index is 1.43. The van der Waals surface area contributed by atoms with Crippen molar-refractivity contribution < 1.29 is 19.0 Å². The third-order valence-electron chi connectivity index (χ3n) is 5.58. The number of likely N-dealkylation sites (tertiary alicyclic amines) is 2. The molecule has 1 aromatic rings. The first-order chi connectivity index (χ1) is 12.4. The van der Waals surface area contributed by atoms with Crippen molar-refractivity contribution in [1.29, 1.82) is 0 Å². The maximum absolute atomic E-state index is 13.3. The largest absolute Gasteiger partial charge is 0.389 e. The van der Waals surface area contributed by atoms with Crippen LogP contribution in [0, 0.1) is 5.82 Å². The molecule has 3 rings (SSSR count). The van der Waals surface area contributed by atoms with E-state index in [2.05, 4.69) is 11.9 Å². The molecule has 6 heteroatoms. The lowest BCUT2D eigenvalue weighted by atomic mass is 9.85. The minimum absolute atomic E-state index is 0.00302. The molecule has 0 aromatic heterocycles. The van der Waals surface area contributed by atoms with Gasteiger partial charge in [0.15, 0.2) is 0 Å². The Bertz CT molecular complexity index is 609. The number of carbonyl (C=O) groups is 1. The zero-order valence-corrected chi connectivity index (χ0v) is 15.5. The average Bonchev–Trinajstić information content (AvgIpc) is 2.61. The molecule has 0 spiro atoms. The molecule has 1 aromatic carbocycles. The fourth-order valence-electron chi connectivity index (χ4n) is 3.81. The van der Waals surface area contributed by atoms with Crippen LogP contribution in [0.5, 0.6) is 0 Å². The predicted molar refractivity (Wildman–Crippen MR) is 97.3 cm³/mol. The van der Waals surface area contributed by atoms with Gasteiger partial charge < -0.3 is 19.6 Å². The minimum Gasteiger partial charge on any atom is -0.389 e. The van der Waals surface area contributed by atoms with E-state index in [1.807, 2.05) is 6.07 Å². The highest BCUT2D eigenvalue weighted by molar-refractivity contribution is 5.77. The van der Waals surface area contributed by atoms with Gasteiger partial charge in [0.25, 0.3) is 0 Å². The number of hydrogen-bond donors (Lipinski definition) is 1. The van der Waals surface area contributed by atoms with Gasteiger partial charge in [0, 0.05) is 32.6 Å². The van der Waals surface area contributed by atoms with E-state index in [0.717, 1.165) is 31.5 Å². The number of halogens is 1. The van der Waals surface area contributed by atoms with Crippen LogP contribution in [0.15, 0.2) is 24.3 Å². The SMILES string of the molecule is CN1CCC(OCC(=O)N2CCC(O)(Cc3cccc(F)c3)CC2)CC1. The minimum atomic E-state index is -0.876. The lowest BCUT2D eigenvalue weighted by Crippen LogP contribution is -2.49. The maximum atomic E-state index is 13.3. The third-order valence-corrected chi connectivity index (χ3v) is 5.58. The molecule has 0 radical (unpaired) electrons. The number of nitrogens with zero attached hydrogens (tertiary/aromatic N) is 2. The first kappa shape index (κ1) is 19.3. The summed E-state index contributed by atoms with van der Waals surface area (Å²) >= 11 is 0. The number of amides is 1. The number of benzene rings is 1. The van der Waals surface area contributed by atoms with E-state index < -0.39 is 5.60 Å². The van der Waals surface area contributed by atoms with E-state index in [9.17, 15) is 14.3 Å². The number of piperidine rings is 2. The number of hydrogen-bond acceptors (Lipinski definition) is 4. The molecule has 1 N–H and O–H groups in total. The van der Waals surface area contributed by atoms with Gasteiger partial charge in [-0.25, -0.2) is 4.39 Å². The summed E-state index contributed by atoms with van der Waals surface area (Å²) in [5.74, 6) is -0.290. The molecule has 2 fully saturated rings. The molecule has 2 heterocycles. The van der Waals surface area contributed by atoms with Crippen molar-refractivity contribution in [2.24, 2.45) is 0 Å². The van der Waals surface area contributed by atoms with Gasteiger partial charge in [0.2, 0.25) is 5.91 Å². The predicted octanol–water partition coefficient (Wildman–Crippen LogP) is 1.83. The van der Waals surface area contributed by atoms with Gasteiger partial charge in [-0.05, 0) is 50.4 Å². The van der Waals surface area contributed by atoms with Crippen LogP contribution in [-0.2, 0) is 16.0 Å². The summed E-state index contributed by atoms with van der Waals surface area (Å²) in [4.78, 5) is 16.4. The Labute approximate surface area is 154 Å². The van der Waals surface area contributed by atoms with Gasteiger partial charge in [-0.15, -0.1) is 0 Å². The van der Waals surface area contributed by atoms with Crippen LogP contribution in [-0.4, -0.2) is 72.4 Å². The molecule has 5 nitrogen and oxygen atoms in total. The van der Waals surface area contributed by atoms with Gasteiger partial charge in [-0.3, -0.25) is 4.79 Å². The van der Waals surface area contributed by atoms with E-state index in [1.165, 1.54) is 12.1 Å². The topological polar surface area (TPSA) is 53.0 Å². The molecular formula is C20H29FN2O3. The number of carbonyl (C=O) groups excluding carboxylic acids is 1. The maximum Gasteiger partial charge on any atom is 0.248 e. The van der Waals surface area contributed by atoms with Gasteiger partial charge in [-0.2, -0.15) is 0 Å². The first-order valence-corrected chi connectivity index (χ1v) is 9.48. The Kier molecular flexibility index (Phi) is 6.27. The zero-order valence-electron chi connectivity index (χ0n) is 15.5. The fourth-order valence-corrected chi connectivity index (χ4v) is 3.81. The Hall–Kier alpha value is -1.50. The average molecular weight is 364 g/mol. The molecule has 26 heavy (non-hydrogen) atoms. The van der Waals surface area contributed by atoms with Crippen LogP contribution in [0.1, 0.15) is 31.2 Å². The van der Waals surface area contributed by atoms with Gasteiger partial charge in [-0.1, -0.05) is 12.1 Å². The monoisotopic (exact) mass is 364 g/mol. The van der Waals surface area contributed by atoms with Gasteiger partial charge >= 0.3 is 0 Å². The fraction of sp³-hybridized carbons (Fsp3) is 0.650. The van der Waals surface area contributed by atoms with Crippen molar-refractivity contribution in [3.8, 4) is 0 Å². The van der Waals surface area contributed by atoms with Crippen LogP contribution in [0.25, 0.3) is 0 Å². The van der Waals surface area contributed by atoms with Crippen molar-refractivity contribution in [2.45, 2.75) is 43.8 Å². The lowest BCUT2D eigenvalue weighted by molar-refractivity contribution is -0.143. The molecule has 0 atom stereocenters. The molecule has 0 unspecified atom stereocenters. The summed E-state index contributed by atoms with van der Waals surface area (Å²) in [5.41, 5.74) is -0.0859. The van der Waals surface area contributed by atoms with Crippen LogP contribution in [0.2, 0.25) is 0 Å². The molecule has 0 saturated carbocycles. The summed E-state index contributed by atoms with van der Waals surface area (Å²) in [7, 11) is 2.10. The van der Waals surface area contributed by atoms with Crippen molar-refractivity contribution in [3.05, 3.63) is 35.6 Å². The first-order valence-electron chi connectivity index (χ1n) is 9.48. The molecule has 144 valence electrons. The summed E-state index contributed by atoms with van der Waals surface area (Å²) in [6, 6.07) is 6.35. The van der Waals surface area contributed by atoms with Crippen LogP contribution in [0.3, 0.4) is 0 Å². The second-order valence-electron chi connectivity index (χ2n) is 7.73. The van der Waals surface area contributed by atoms with Crippen molar-refractivity contribution in [1.82, 2.24) is 9.80 Å². The second kappa shape index (κ2) is 8.46. The smallest absolute Gasteiger partial charge is 0.248 e. The van der Waals surface area contributed by atoms with Crippen LogP contribution in [0.4, 0.5) is 4.39 Å². The number of aliphatic hydroxyl groups is 1. The highest BCUT2D eigenvalue weighted by Gasteiger charge is 2.34. The van der Waals surface area contributed by atoms with Crippen LogP contribution < -0.4 is 0 Å². The highest BCUT2D eigenvalue weighted by atomic mass is 19.1. The Morgan fingerprint density at radius 2 is 1.96 bits per heavy atom. The normalized spacial score (nSPS) is 21.7. The number of ether oxygens (including phenoxy) is 1. The lowest BCUT2D eigenvalue weighted by Gasteiger charge is -2.38. The van der Waals surface area contributed by atoms with E-state index in [4.69, 9.17) is 4.74 Å². The molecule has 2 aliphatic heterocycles.